The summed E-state index contributed by atoms with van der Waals surface area (Å²) in [6, 6.07) is 3.34. The molecule has 0 aliphatic heterocycles. The zero-order chi connectivity index (χ0) is 13.2. The van der Waals surface area contributed by atoms with Gasteiger partial charge >= 0.3 is 0 Å². The molecule has 0 saturated carbocycles. The molecule has 0 heterocycles. The molecule has 0 bridgehead atoms. The summed E-state index contributed by atoms with van der Waals surface area (Å²) in [5.41, 5.74) is 5.94. The quantitative estimate of drug-likeness (QED) is 0.394. The van der Waals surface area contributed by atoms with Crippen molar-refractivity contribution in [2.75, 3.05) is 11.5 Å². The second-order valence-electron chi connectivity index (χ2n) is 4.94. The Morgan fingerprint density at radius 2 is 2.06 bits per heavy atom. The molecule has 0 fully saturated rings. The highest BCUT2D eigenvalue weighted by Gasteiger charge is 2.17. The SMILES string of the molecule is CC(C)(C)CSc1cc(Br)c(N)c([N+](=O)[O-])c1. The third kappa shape index (κ3) is 4.20. The molecule has 1 aromatic carbocycles. The maximum atomic E-state index is 10.8. The Morgan fingerprint density at radius 3 is 2.53 bits per heavy atom. The number of nitrogen functional groups attached to an aromatic ring is 1. The van der Waals surface area contributed by atoms with Gasteiger partial charge in [-0.05, 0) is 27.4 Å². The van der Waals surface area contributed by atoms with Crippen molar-refractivity contribution in [2.24, 2.45) is 5.41 Å². The standard InChI is InChI=1S/C11H15BrN2O2S/c1-11(2,3)6-17-7-4-8(12)10(13)9(5-7)14(15)16/h4-5H,6,13H2,1-3H3. The second-order valence-corrected chi connectivity index (χ2v) is 6.85. The number of anilines is 1. The van der Waals surface area contributed by atoms with Crippen LogP contribution in [0.4, 0.5) is 11.4 Å². The number of nitro groups is 1. The first-order chi connectivity index (χ1) is 7.70. The van der Waals surface area contributed by atoms with E-state index >= 15 is 0 Å². The van der Waals surface area contributed by atoms with Crippen molar-refractivity contribution in [1.82, 2.24) is 0 Å². The summed E-state index contributed by atoms with van der Waals surface area (Å²) in [6.07, 6.45) is 0. The lowest BCUT2D eigenvalue weighted by Gasteiger charge is -2.17. The van der Waals surface area contributed by atoms with Crippen LogP contribution in [0.15, 0.2) is 21.5 Å². The lowest BCUT2D eigenvalue weighted by atomic mass is 10.0. The highest BCUT2D eigenvalue weighted by atomic mass is 79.9. The molecular weight excluding hydrogens is 304 g/mol. The lowest BCUT2D eigenvalue weighted by molar-refractivity contribution is -0.384. The predicted octanol–water partition coefficient (Wildman–Crippen LogP) is 4.08. The van der Waals surface area contributed by atoms with Gasteiger partial charge in [0, 0.05) is 21.2 Å². The number of benzene rings is 1. The van der Waals surface area contributed by atoms with Crippen molar-refractivity contribution in [3.63, 3.8) is 0 Å². The van der Waals surface area contributed by atoms with Gasteiger partial charge in [0.05, 0.1) is 4.92 Å². The highest BCUT2D eigenvalue weighted by Crippen LogP contribution is 2.36. The van der Waals surface area contributed by atoms with Gasteiger partial charge in [-0.3, -0.25) is 10.1 Å². The van der Waals surface area contributed by atoms with E-state index in [1.165, 1.54) is 6.07 Å². The molecule has 0 aliphatic rings. The fourth-order valence-corrected chi connectivity index (χ4v) is 2.71. The van der Waals surface area contributed by atoms with Gasteiger partial charge in [0.2, 0.25) is 0 Å². The fraction of sp³-hybridized carbons (Fsp3) is 0.455. The molecule has 94 valence electrons. The molecule has 0 atom stereocenters. The predicted molar refractivity (Wildman–Crippen MR) is 75.4 cm³/mol. The largest absolute Gasteiger partial charge is 0.392 e. The van der Waals surface area contributed by atoms with Crippen molar-refractivity contribution >= 4 is 39.1 Å². The molecule has 0 aromatic heterocycles. The minimum Gasteiger partial charge on any atom is -0.392 e. The number of thioether (sulfide) groups is 1. The van der Waals surface area contributed by atoms with Crippen LogP contribution in [0.3, 0.4) is 0 Å². The number of hydrogen-bond acceptors (Lipinski definition) is 4. The van der Waals surface area contributed by atoms with Crippen molar-refractivity contribution in [3.8, 4) is 0 Å². The molecule has 0 aliphatic carbocycles. The second kappa shape index (κ2) is 5.27. The van der Waals surface area contributed by atoms with E-state index in [9.17, 15) is 10.1 Å². The van der Waals surface area contributed by atoms with E-state index in [1.807, 2.05) is 6.07 Å². The first kappa shape index (κ1) is 14.3. The van der Waals surface area contributed by atoms with Crippen LogP contribution in [0.2, 0.25) is 0 Å². The van der Waals surface area contributed by atoms with Gasteiger partial charge in [0.15, 0.2) is 0 Å². The van der Waals surface area contributed by atoms with Crippen molar-refractivity contribution in [1.29, 1.82) is 0 Å². The monoisotopic (exact) mass is 318 g/mol. The first-order valence-electron chi connectivity index (χ1n) is 5.07. The summed E-state index contributed by atoms with van der Waals surface area (Å²) in [5.74, 6) is 0.889. The smallest absolute Gasteiger partial charge is 0.294 e. The number of halogens is 1. The molecule has 4 nitrogen and oxygen atoms in total. The summed E-state index contributed by atoms with van der Waals surface area (Å²) >= 11 is 4.83. The number of rotatable bonds is 3. The summed E-state index contributed by atoms with van der Waals surface area (Å²) in [4.78, 5) is 11.2. The topological polar surface area (TPSA) is 69.2 Å². The van der Waals surface area contributed by atoms with Crippen LogP contribution >= 0.6 is 27.7 Å². The Labute approximate surface area is 113 Å². The maximum Gasteiger partial charge on any atom is 0.294 e. The van der Waals surface area contributed by atoms with Gasteiger partial charge in [0.25, 0.3) is 5.69 Å². The Kier molecular flexibility index (Phi) is 4.43. The van der Waals surface area contributed by atoms with Gasteiger partial charge in [0.1, 0.15) is 5.69 Å². The van der Waals surface area contributed by atoms with Crippen LogP contribution in [-0.2, 0) is 0 Å². The minimum absolute atomic E-state index is 0.0456. The highest BCUT2D eigenvalue weighted by molar-refractivity contribution is 9.10. The van der Waals surface area contributed by atoms with Crippen molar-refractivity contribution < 1.29 is 4.92 Å². The van der Waals surface area contributed by atoms with Gasteiger partial charge < -0.3 is 5.73 Å². The molecule has 1 rings (SSSR count). The number of hydrogen-bond donors (Lipinski definition) is 1. The molecule has 0 saturated heterocycles. The Morgan fingerprint density at radius 1 is 1.47 bits per heavy atom. The Balaban J connectivity index is 2.99. The van der Waals surface area contributed by atoms with Gasteiger partial charge in [-0.25, -0.2) is 0 Å². The number of nitro benzene ring substituents is 1. The van der Waals surface area contributed by atoms with E-state index < -0.39 is 4.92 Å². The zero-order valence-electron chi connectivity index (χ0n) is 9.99. The van der Waals surface area contributed by atoms with E-state index in [2.05, 4.69) is 36.7 Å². The summed E-state index contributed by atoms with van der Waals surface area (Å²) in [7, 11) is 0. The van der Waals surface area contributed by atoms with Crippen molar-refractivity contribution in [3.05, 3.63) is 26.7 Å². The lowest BCUT2D eigenvalue weighted by Crippen LogP contribution is -2.08. The van der Waals surface area contributed by atoms with E-state index in [0.29, 0.717) is 4.47 Å². The average molecular weight is 319 g/mol. The van der Waals surface area contributed by atoms with Crippen molar-refractivity contribution in [2.45, 2.75) is 25.7 Å². The molecule has 17 heavy (non-hydrogen) atoms. The van der Waals surface area contributed by atoms with E-state index in [0.717, 1.165) is 10.6 Å². The summed E-state index contributed by atoms with van der Waals surface area (Å²) < 4.78 is 0.572. The molecule has 0 spiro atoms. The molecule has 6 heteroatoms. The van der Waals surface area contributed by atoms with Gasteiger partial charge in [-0.1, -0.05) is 20.8 Å². The Hall–Kier alpha value is -0.750. The molecule has 0 unspecified atom stereocenters. The molecule has 2 N–H and O–H groups in total. The fourth-order valence-electron chi connectivity index (χ4n) is 1.11. The van der Waals surface area contributed by atoms with Crippen LogP contribution in [0.25, 0.3) is 0 Å². The van der Waals surface area contributed by atoms with Crippen LogP contribution < -0.4 is 5.73 Å². The zero-order valence-corrected chi connectivity index (χ0v) is 12.4. The van der Waals surface area contributed by atoms with Gasteiger partial charge in [-0.15, -0.1) is 11.8 Å². The van der Waals surface area contributed by atoms with Gasteiger partial charge in [-0.2, -0.15) is 0 Å². The van der Waals surface area contributed by atoms with E-state index in [-0.39, 0.29) is 16.8 Å². The third-order valence-corrected chi connectivity index (χ3v) is 4.19. The van der Waals surface area contributed by atoms with Crippen LogP contribution in [-0.4, -0.2) is 10.7 Å². The van der Waals surface area contributed by atoms with Crippen LogP contribution in [0.5, 0.6) is 0 Å². The normalized spacial score (nSPS) is 11.5. The molecule has 1 aromatic rings. The van der Waals surface area contributed by atoms with E-state index in [4.69, 9.17) is 5.73 Å². The van der Waals surface area contributed by atoms with Crippen LogP contribution in [0, 0.1) is 15.5 Å². The maximum absolute atomic E-state index is 10.8. The minimum atomic E-state index is -0.457. The molecule has 0 radical (unpaired) electrons. The number of nitrogens with zero attached hydrogens (tertiary/aromatic N) is 1. The summed E-state index contributed by atoms with van der Waals surface area (Å²) in [5, 5.41) is 10.8. The third-order valence-electron chi connectivity index (χ3n) is 1.95. The Bertz CT molecular complexity index is 444. The first-order valence-corrected chi connectivity index (χ1v) is 6.85. The number of nitrogens with two attached hydrogens (primary N) is 1. The average Bonchev–Trinajstić information content (AvgIpc) is 2.18. The van der Waals surface area contributed by atoms with E-state index in [1.54, 1.807) is 11.8 Å². The van der Waals surface area contributed by atoms with Crippen LogP contribution in [0.1, 0.15) is 20.8 Å². The summed E-state index contributed by atoms with van der Waals surface area (Å²) in [6.45, 7) is 6.38. The molecular formula is C11H15BrN2O2S. The molecule has 0 amide bonds.